The molecule has 0 radical (unpaired) electrons. The van der Waals surface area contributed by atoms with E-state index in [1.165, 1.54) is 6.07 Å². The highest BCUT2D eigenvalue weighted by atomic mass is 16.6. The standard InChI is InChI=1S/C14H23N5O2/c1-3-8-18-9-6-11(7-10-18)16-14-12(19(20)21)4-5-13(15-2)17-14/h4-5,11H,3,6-10H2,1-2H3,(H2,15,16,17). The Hall–Kier alpha value is -1.89. The van der Waals surface area contributed by atoms with E-state index < -0.39 is 0 Å². The third kappa shape index (κ3) is 4.04. The fraction of sp³-hybridized carbons (Fsp3) is 0.643. The van der Waals surface area contributed by atoms with Crippen molar-refractivity contribution >= 4 is 17.3 Å². The molecule has 0 aromatic carbocycles. The van der Waals surface area contributed by atoms with Crippen LogP contribution in [0.15, 0.2) is 12.1 Å². The van der Waals surface area contributed by atoms with Gasteiger partial charge in [0.05, 0.1) is 4.92 Å². The van der Waals surface area contributed by atoms with Gasteiger partial charge < -0.3 is 15.5 Å². The van der Waals surface area contributed by atoms with Crippen molar-refractivity contribution in [1.82, 2.24) is 9.88 Å². The van der Waals surface area contributed by atoms with E-state index in [0.717, 1.165) is 38.9 Å². The topological polar surface area (TPSA) is 83.3 Å². The Balaban J connectivity index is 2.03. The number of piperidine rings is 1. The molecule has 7 heteroatoms. The van der Waals surface area contributed by atoms with Crippen molar-refractivity contribution in [1.29, 1.82) is 0 Å². The summed E-state index contributed by atoms with van der Waals surface area (Å²) in [6, 6.07) is 3.36. The monoisotopic (exact) mass is 293 g/mol. The van der Waals surface area contributed by atoms with Crippen LogP contribution in [0.2, 0.25) is 0 Å². The lowest BCUT2D eigenvalue weighted by Gasteiger charge is -2.32. The van der Waals surface area contributed by atoms with Gasteiger partial charge >= 0.3 is 5.69 Å². The van der Waals surface area contributed by atoms with Gasteiger partial charge in [0.15, 0.2) is 0 Å². The Morgan fingerprint density at radius 2 is 2.14 bits per heavy atom. The second-order valence-corrected chi connectivity index (χ2v) is 5.33. The Kier molecular flexibility index (Phi) is 5.32. The van der Waals surface area contributed by atoms with Gasteiger partial charge in [0, 0.05) is 32.2 Å². The number of anilines is 2. The van der Waals surface area contributed by atoms with Crippen molar-refractivity contribution in [3.05, 3.63) is 22.2 Å². The number of hydrogen-bond acceptors (Lipinski definition) is 6. The maximum Gasteiger partial charge on any atom is 0.311 e. The molecule has 2 rings (SSSR count). The summed E-state index contributed by atoms with van der Waals surface area (Å²) < 4.78 is 0. The van der Waals surface area contributed by atoms with Crippen molar-refractivity contribution in [2.45, 2.75) is 32.2 Å². The molecule has 0 unspecified atom stereocenters. The number of nitrogens with one attached hydrogen (secondary N) is 2. The van der Waals surface area contributed by atoms with E-state index in [2.05, 4.69) is 27.4 Å². The number of hydrogen-bond donors (Lipinski definition) is 2. The van der Waals surface area contributed by atoms with Crippen molar-refractivity contribution in [2.75, 3.05) is 37.3 Å². The van der Waals surface area contributed by atoms with E-state index in [0.29, 0.717) is 11.6 Å². The molecule has 1 fully saturated rings. The van der Waals surface area contributed by atoms with Crippen LogP contribution in [0.4, 0.5) is 17.3 Å². The molecule has 0 atom stereocenters. The summed E-state index contributed by atoms with van der Waals surface area (Å²) in [7, 11) is 1.75. The van der Waals surface area contributed by atoms with Crippen LogP contribution in [0.5, 0.6) is 0 Å². The normalized spacial score (nSPS) is 16.7. The lowest BCUT2D eigenvalue weighted by molar-refractivity contribution is -0.384. The molecule has 1 aliphatic heterocycles. The van der Waals surface area contributed by atoms with Crippen LogP contribution in [0.1, 0.15) is 26.2 Å². The van der Waals surface area contributed by atoms with Crippen molar-refractivity contribution in [3.63, 3.8) is 0 Å². The Morgan fingerprint density at radius 3 is 2.71 bits per heavy atom. The summed E-state index contributed by atoms with van der Waals surface area (Å²) in [5.74, 6) is 0.993. The number of nitro groups is 1. The lowest BCUT2D eigenvalue weighted by atomic mass is 10.0. The van der Waals surface area contributed by atoms with Gasteiger partial charge in [-0.05, 0) is 31.9 Å². The molecule has 116 valence electrons. The summed E-state index contributed by atoms with van der Waals surface area (Å²) in [6.45, 7) is 5.37. The third-order valence-electron chi connectivity index (χ3n) is 3.80. The second kappa shape index (κ2) is 7.21. The van der Waals surface area contributed by atoms with E-state index in [4.69, 9.17) is 0 Å². The van der Waals surface area contributed by atoms with Gasteiger partial charge in [0.2, 0.25) is 5.82 Å². The van der Waals surface area contributed by atoms with Gasteiger partial charge in [-0.15, -0.1) is 0 Å². The molecule has 1 aromatic rings. The molecule has 1 aromatic heterocycles. The minimum atomic E-state index is -0.388. The maximum absolute atomic E-state index is 11.1. The van der Waals surface area contributed by atoms with E-state index in [-0.39, 0.29) is 16.7 Å². The average Bonchev–Trinajstić information content (AvgIpc) is 2.49. The highest BCUT2D eigenvalue weighted by Crippen LogP contribution is 2.26. The second-order valence-electron chi connectivity index (χ2n) is 5.33. The van der Waals surface area contributed by atoms with Gasteiger partial charge in [-0.3, -0.25) is 10.1 Å². The van der Waals surface area contributed by atoms with Crippen LogP contribution in [0.25, 0.3) is 0 Å². The van der Waals surface area contributed by atoms with E-state index in [1.54, 1.807) is 13.1 Å². The number of rotatable bonds is 6. The predicted octanol–water partition coefficient (Wildman–Crippen LogP) is 2.32. The zero-order valence-corrected chi connectivity index (χ0v) is 12.6. The summed E-state index contributed by atoms with van der Waals surface area (Å²) in [5.41, 5.74) is 0.0324. The molecular formula is C14H23N5O2. The van der Waals surface area contributed by atoms with Gasteiger partial charge in [-0.25, -0.2) is 4.98 Å². The summed E-state index contributed by atoms with van der Waals surface area (Å²) in [4.78, 5) is 17.4. The van der Waals surface area contributed by atoms with Crippen LogP contribution in [-0.2, 0) is 0 Å². The first-order valence-corrected chi connectivity index (χ1v) is 7.46. The first kappa shape index (κ1) is 15.5. The quantitative estimate of drug-likeness (QED) is 0.618. The van der Waals surface area contributed by atoms with Crippen LogP contribution in [0.3, 0.4) is 0 Å². The largest absolute Gasteiger partial charge is 0.373 e. The van der Waals surface area contributed by atoms with E-state index >= 15 is 0 Å². The molecule has 7 nitrogen and oxygen atoms in total. The number of pyridine rings is 1. The minimum Gasteiger partial charge on any atom is -0.373 e. The molecule has 1 saturated heterocycles. The highest BCUT2D eigenvalue weighted by molar-refractivity contribution is 5.60. The van der Waals surface area contributed by atoms with Crippen molar-refractivity contribution in [3.8, 4) is 0 Å². The first-order valence-electron chi connectivity index (χ1n) is 7.46. The fourth-order valence-corrected chi connectivity index (χ4v) is 2.66. The third-order valence-corrected chi connectivity index (χ3v) is 3.80. The molecule has 1 aliphatic rings. The average molecular weight is 293 g/mol. The Bertz CT molecular complexity index is 486. The molecule has 0 aliphatic carbocycles. The molecule has 0 bridgehead atoms. The molecule has 0 saturated carbocycles. The van der Waals surface area contributed by atoms with Gasteiger partial charge in [-0.2, -0.15) is 0 Å². The molecule has 21 heavy (non-hydrogen) atoms. The highest BCUT2D eigenvalue weighted by Gasteiger charge is 2.23. The molecular weight excluding hydrogens is 270 g/mol. The number of nitrogens with zero attached hydrogens (tertiary/aromatic N) is 3. The van der Waals surface area contributed by atoms with Crippen molar-refractivity contribution < 1.29 is 4.92 Å². The minimum absolute atomic E-state index is 0.0324. The fourth-order valence-electron chi connectivity index (χ4n) is 2.66. The number of likely N-dealkylation sites (tertiary alicyclic amines) is 1. The smallest absolute Gasteiger partial charge is 0.311 e. The van der Waals surface area contributed by atoms with Gasteiger partial charge in [0.25, 0.3) is 0 Å². The molecule has 2 heterocycles. The number of aromatic nitrogens is 1. The molecule has 0 spiro atoms. The molecule has 0 amide bonds. The van der Waals surface area contributed by atoms with E-state index in [9.17, 15) is 10.1 Å². The van der Waals surface area contributed by atoms with Crippen LogP contribution in [0, 0.1) is 10.1 Å². The first-order chi connectivity index (χ1) is 10.1. The predicted molar refractivity (Wildman–Crippen MR) is 83.8 cm³/mol. The zero-order valence-electron chi connectivity index (χ0n) is 12.6. The lowest BCUT2D eigenvalue weighted by Crippen LogP contribution is -2.39. The van der Waals surface area contributed by atoms with Crippen LogP contribution < -0.4 is 10.6 Å². The summed E-state index contributed by atoms with van der Waals surface area (Å²) in [6.07, 6.45) is 3.14. The summed E-state index contributed by atoms with van der Waals surface area (Å²) in [5, 5.41) is 17.3. The van der Waals surface area contributed by atoms with Crippen molar-refractivity contribution in [2.24, 2.45) is 0 Å². The van der Waals surface area contributed by atoms with Crippen LogP contribution >= 0.6 is 0 Å². The Morgan fingerprint density at radius 1 is 1.43 bits per heavy atom. The maximum atomic E-state index is 11.1. The van der Waals surface area contributed by atoms with Gasteiger partial charge in [-0.1, -0.05) is 6.92 Å². The molecule has 2 N–H and O–H groups in total. The summed E-state index contributed by atoms with van der Waals surface area (Å²) >= 11 is 0. The Labute approximate surface area is 124 Å². The van der Waals surface area contributed by atoms with E-state index in [1.807, 2.05) is 0 Å². The van der Waals surface area contributed by atoms with Crippen LogP contribution in [-0.4, -0.2) is 47.5 Å². The SMILES string of the molecule is CCCN1CCC(Nc2nc(NC)ccc2[N+](=O)[O-])CC1. The van der Waals surface area contributed by atoms with Gasteiger partial charge in [0.1, 0.15) is 5.82 Å². The zero-order chi connectivity index (χ0) is 15.2.